The van der Waals surface area contributed by atoms with Crippen molar-refractivity contribution in [1.29, 1.82) is 0 Å². The highest BCUT2D eigenvalue weighted by Crippen LogP contribution is 2.18. The van der Waals surface area contributed by atoms with Crippen LogP contribution in [0.1, 0.15) is 38.7 Å². The van der Waals surface area contributed by atoms with E-state index in [-0.39, 0.29) is 11.9 Å². The van der Waals surface area contributed by atoms with E-state index in [1.807, 2.05) is 18.2 Å². The second-order valence-electron chi connectivity index (χ2n) is 5.05. The van der Waals surface area contributed by atoms with Crippen molar-refractivity contribution >= 4 is 11.6 Å². The van der Waals surface area contributed by atoms with Crippen LogP contribution in [0.2, 0.25) is 0 Å². The van der Waals surface area contributed by atoms with Crippen molar-refractivity contribution < 1.29 is 4.79 Å². The maximum absolute atomic E-state index is 12.2. The summed E-state index contributed by atoms with van der Waals surface area (Å²) in [7, 11) is 0. The first-order valence-electron chi connectivity index (χ1n) is 6.85. The Morgan fingerprint density at radius 3 is 2.89 bits per heavy atom. The minimum atomic E-state index is -0.0429. The molecule has 1 heterocycles. The molecule has 2 rings (SSSR count). The highest BCUT2D eigenvalue weighted by Gasteiger charge is 2.24. The molecule has 2 N–H and O–H groups in total. The fourth-order valence-electron chi connectivity index (χ4n) is 2.52. The molecule has 1 aliphatic heterocycles. The van der Waals surface area contributed by atoms with Crippen LogP contribution in [0.5, 0.6) is 0 Å². The van der Waals surface area contributed by atoms with E-state index in [1.165, 1.54) is 5.56 Å². The highest BCUT2D eigenvalue weighted by atomic mass is 16.2. The average Bonchev–Trinajstić information content (AvgIpc) is 2.39. The maximum atomic E-state index is 12.2. The van der Waals surface area contributed by atoms with Gasteiger partial charge < -0.3 is 10.6 Å². The molecule has 0 spiro atoms. The lowest BCUT2D eigenvalue weighted by atomic mass is 9.99. The van der Waals surface area contributed by atoms with Gasteiger partial charge in [0.25, 0.3) is 0 Å². The van der Waals surface area contributed by atoms with Crippen LogP contribution in [-0.2, 0) is 11.2 Å². The Balaban J connectivity index is 2.02. The average molecular weight is 246 g/mol. The Bertz CT molecular complexity index is 417. The van der Waals surface area contributed by atoms with Gasteiger partial charge in [0, 0.05) is 11.7 Å². The third kappa shape index (κ3) is 3.10. The van der Waals surface area contributed by atoms with Crippen LogP contribution in [0.4, 0.5) is 5.69 Å². The number of aryl methyl sites for hydroxylation is 1. The van der Waals surface area contributed by atoms with Gasteiger partial charge in [-0.15, -0.1) is 0 Å². The molecule has 2 atom stereocenters. The summed E-state index contributed by atoms with van der Waals surface area (Å²) < 4.78 is 0. The number of piperidine rings is 1. The van der Waals surface area contributed by atoms with E-state index >= 15 is 0 Å². The second-order valence-corrected chi connectivity index (χ2v) is 5.05. The van der Waals surface area contributed by atoms with Crippen LogP contribution in [0.3, 0.4) is 0 Å². The molecular weight excluding hydrogens is 224 g/mol. The third-order valence-electron chi connectivity index (χ3n) is 3.59. The maximum Gasteiger partial charge on any atom is 0.241 e. The first-order chi connectivity index (χ1) is 8.70. The zero-order valence-electron chi connectivity index (χ0n) is 11.2. The number of carbonyl (C=O) groups excluding carboxylic acids is 1. The van der Waals surface area contributed by atoms with Crippen molar-refractivity contribution in [2.24, 2.45) is 0 Å². The number of para-hydroxylation sites is 1. The van der Waals surface area contributed by atoms with E-state index in [1.54, 1.807) is 0 Å². The summed E-state index contributed by atoms with van der Waals surface area (Å²) >= 11 is 0. The number of carbonyl (C=O) groups is 1. The summed E-state index contributed by atoms with van der Waals surface area (Å²) in [5, 5.41) is 6.41. The lowest BCUT2D eigenvalue weighted by Gasteiger charge is -2.28. The predicted molar refractivity (Wildman–Crippen MR) is 74.7 cm³/mol. The Morgan fingerprint density at radius 1 is 1.39 bits per heavy atom. The van der Waals surface area contributed by atoms with E-state index < -0.39 is 0 Å². The Kier molecular flexibility index (Phi) is 4.37. The fourth-order valence-corrected chi connectivity index (χ4v) is 2.52. The number of hydrogen-bond donors (Lipinski definition) is 2. The molecule has 0 radical (unpaired) electrons. The quantitative estimate of drug-likeness (QED) is 0.861. The Morgan fingerprint density at radius 2 is 2.17 bits per heavy atom. The molecule has 0 aliphatic carbocycles. The minimum Gasteiger partial charge on any atom is -0.324 e. The van der Waals surface area contributed by atoms with Gasteiger partial charge in [0.05, 0.1) is 6.04 Å². The molecule has 1 aromatic carbocycles. The molecule has 1 saturated heterocycles. The van der Waals surface area contributed by atoms with Crippen molar-refractivity contribution in [3.8, 4) is 0 Å². The Labute approximate surface area is 109 Å². The second kappa shape index (κ2) is 6.01. The normalized spacial score (nSPS) is 23.7. The van der Waals surface area contributed by atoms with Gasteiger partial charge in [0.1, 0.15) is 0 Å². The minimum absolute atomic E-state index is 0.0429. The zero-order valence-corrected chi connectivity index (χ0v) is 11.2. The molecule has 98 valence electrons. The van der Waals surface area contributed by atoms with E-state index in [0.29, 0.717) is 6.04 Å². The number of nitrogens with one attached hydrogen (secondary N) is 2. The highest BCUT2D eigenvalue weighted by molar-refractivity contribution is 5.95. The van der Waals surface area contributed by atoms with Crippen molar-refractivity contribution in [3.63, 3.8) is 0 Å². The third-order valence-corrected chi connectivity index (χ3v) is 3.59. The van der Waals surface area contributed by atoms with Crippen molar-refractivity contribution in [1.82, 2.24) is 5.32 Å². The molecule has 1 aliphatic rings. The molecule has 0 bridgehead atoms. The lowest BCUT2D eigenvalue weighted by molar-refractivity contribution is -0.118. The molecule has 3 nitrogen and oxygen atoms in total. The lowest BCUT2D eigenvalue weighted by Crippen LogP contribution is -2.47. The van der Waals surface area contributed by atoms with Crippen LogP contribution in [-0.4, -0.2) is 18.0 Å². The van der Waals surface area contributed by atoms with Crippen LogP contribution >= 0.6 is 0 Å². The number of rotatable bonds is 3. The first-order valence-corrected chi connectivity index (χ1v) is 6.85. The van der Waals surface area contributed by atoms with Gasteiger partial charge in [-0.1, -0.05) is 25.1 Å². The molecule has 18 heavy (non-hydrogen) atoms. The van der Waals surface area contributed by atoms with Gasteiger partial charge in [-0.3, -0.25) is 4.79 Å². The van der Waals surface area contributed by atoms with Gasteiger partial charge in [-0.2, -0.15) is 0 Å². The molecule has 3 heteroatoms. The monoisotopic (exact) mass is 246 g/mol. The molecule has 0 aromatic heterocycles. The van der Waals surface area contributed by atoms with Gasteiger partial charge in [-0.25, -0.2) is 0 Å². The molecule has 1 aromatic rings. The zero-order chi connectivity index (χ0) is 13.0. The van der Waals surface area contributed by atoms with E-state index in [2.05, 4.69) is 30.5 Å². The molecule has 1 amide bonds. The van der Waals surface area contributed by atoms with Crippen LogP contribution in [0.15, 0.2) is 24.3 Å². The number of benzene rings is 1. The molecule has 0 saturated carbocycles. The molecule has 1 fully saturated rings. The van der Waals surface area contributed by atoms with Crippen molar-refractivity contribution in [2.75, 3.05) is 5.32 Å². The standard InChI is InChI=1S/C15H22N2O/c1-3-12-8-4-5-9-13(12)17-15(18)14-10-6-7-11(2)16-14/h4-5,8-9,11,14,16H,3,6-7,10H2,1-2H3,(H,17,18). The van der Waals surface area contributed by atoms with Gasteiger partial charge in [-0.05, 0) is 44.2 Å². The molecule has 2 unspecified atom stereocenters. The van der Waals surface area contributed by atoms with Gasteiger partial charge in [0.2, 0.25) is 5.91 Å². The van der Waals surface area contributed by atoms with Crippen LogP contribution in [0, 0.1) is 0 Å². The largest absolute Gasteiger partial charge is 0.324 e. The fraction of sp³-hybridized carbons (Fsp3) is 0.533. The smallest absolute Gasteiger partial charge is 0.241 e. The van der Waals surface area contributed by atoms with E-state index in [9.17, 15) is 4.79 Å². The number of anilines is 1. The SMILES string of the molecule is CCc1ccccc1NC(=O)C1CCCC(C)N1. The summed E-state index contributed by atoms with van der Waals surface area (Å²) in [5.41, 5.74) is 2.14. The van der Waals surface area contributed by atoms with Crippen molar-refractivity contribution in [2.45, 2.75) is 51.6 Å². The van der Waals surface area contributed by atoms with E-state index in [0.717, 1.165) is 31.4 Å². The summed E-state index contributed by atoms with van der Waals surface area (Å²) in [6.45, 7) is 4.24. The summed E-state index contributed by atoms with van der Waals surface area (Å²) in [6, 6.07) is 8.41. The van der Waals surface area contributed by atoms with Gasteiger partial charge in [0.15, 0.2) is 0 Å². The first kappa shape index (κ1) is 13.1. The van der Waals surface area contributed by atoms with Crippen LogP contribution < -0.4 is 10.6 Å². The summed E-state index contributed by atoms with van der Waals surface area (Å²) in [5.74, 6) is 0.0995. The Hall–Kier alpha value is -1.35. The van der Waals surface area contributed by atoms with E-state index in [4.69, 9.17) is 0 Å². The summed E-state index contributed by atoms with van der Waals surface area (Å²) in [4.78, 5) is 12.2. The predicted octanol–water partition coefficient (Wildman–Crippen LogP) is 2.72. The number of amides is 1. The summed E-state index contributed by atoms with van der Waals surface area (Å²) in [6.07, 6.45) is 4.16. The molecular formula is C15H22N2O. The van der Waals surface area contributed by atoms with Crippen molar-refractivity contribution in [3.05, 3.63) is 29.8 Å². The van der Waals surface area contributed by atoms with Crippen LogP contribution in [0.25, 0.3) is 0 Å². The van der Waals surface area contributed by atoms with Gasteiger partial charge >= 0.3 is 0 Å². The topological polar surface area (TPSA) is 41.1 Å². The number of hydrogen-bond acceptors (Lipinski definition) is 2.